The molecule has 1 fully saturated rings. The summed E-state index contributed by atoms with van der Waals surface area (Å²) in [5, 5.41) is 6.91. The number of ether oxygens (including phenoxy) is 1. The van der Waals surface area contributed by atoms with E-state index in [1.165, 1.54) is 12.1 Å². The van der Waals surface area contributed by atoms with Crippen LogP contribution in [-0.2, 0) is 10.0 Å². The van der Waals surface area contributed by atoms with Gasteiger partial charge in [0.2, 0.25) is 11.8 Å². The van der Waals surface area contributed by atoms with E-state index in [4.69, 9.17) is 21.3 Å². The molecular formula is C27H28Cl2N6O3S. The molecule has 3 heterocycles. The molecule has 4 aromatic rings. The van der Waals surface area contributed by atoms with Gasteiger partial charge in [-0.15, -0.1) is 12.4 Å². The quantitative estimate of drug-likeness (QED) is 0.241. The first-order valence-corrected chi connectivity index (χ1v) is 14.1. The molecule has 0 bridgehead atoms. The van der Waals surface area contributed by atoms with Gasteiger partial charge in [0.1, 0.15) is 10.6 Å². The Bertz CT molecular complexity index is 1550. The summed E-state index contributed by atoms with van der Waals surface area (Å²) >= 11 is 6.12. The lowest BCUT2D eigenvalue weighted by molar-refractivity contribution is 0.461. The maximum atomic E-state index is 13.0. The summed E-state index contributed by atoms with van der Waals surface area (Å²) in [5.41, 5.74) is 2.30. The predicted molar refractivity (Wildman–Crippen MR) is 156 cm³/mol. The minimum absolute atomic E-state index is 0. The van der Waals surface area contributed by atoms with Crippen molar-refractivity contribution in [2.45, 2.75) is 30.7 Å². The molecule has 204 valence electrons. The van der Waals surface area contributed by atoms with E-state index in [0.29, 0.717) is 40.1 Å². The second kappa shape index (κ2) is 12.6. The minimum atomic E-state index is -3.91. The maximum absolute atomic E-state index is 13.0. The molecule has 1 aliphatic rings. The number of hydrogen-bond acceptors (Lipinski definition) is 8. The molecule has 2 aromatic carbocycles. The van der Waals surface area contributed by atoms with Crippen molar-refractivity contribution in [1.29, 1.82) is 0 Å². The zero-order chi connectivity index (χ0) is 26.5. The highest BCUT2D eigenvalue weighted by Crippen LogP contribution is 2.35. The van der Waals surface area contributed by atoms with Gasteiger partial charge >= 0.3 is 0 Å². The number of halogens is 2. The topological polar surface area (TPSA) is 118 Å². The molecule has 3 N–H and O–H groups in total. The highest BCUT2D eigenvalue weighted by Gasteiger charge is 2.20. The number of nitrogens with one attached hydrogen (secondary N) is 3. The van der Waals surface area contributed by atoms with Crippen LogP contribution in [-0.4, -0.2) is 42.5 Å². The molecule has 0 aliphatic carbocycles. The number of rotatable bonds is 8. The van der Waals surface area contributed by atoms with Crippen LogP contribution in [0.15, 0.2) is 78.0 Å². The molecule has 1 unspecified atom stereocenters. The van der Waals surface area contributed by atoms with Crippen molar-refractivity contribution in [3.8, 4) is 22.9 Å². The third kappa shape index (κ3) is 6.77. The highest BCUT2D eigenvalue weighted by molar-refractivity contribution is 7.92. The van der Waals surface area contributed by atoms with Gasteiger partial charge in [-0.1, -0.05) is 29.8 Å². The molecule has 2 aromatic heterocycles. The summed E-state index contributed by atoms with van der Waals surface area (Å²) in [6.45, 7) is 3.66. The first-order chi connectivity index (χ1) is 18.4. The highest BCUT2D eigenvalue weighted by atomic mass is 35.5. The van der Waals surface area contributed by atoms with Crippen molar-refractivity contribution in [3.63, 3.8) is 0 Å². The van der Waals surface area contributed by atoms with Crippen molar-refractivity contribution in [2.75, 3.05) is 23.1 Å². The largest absolute Gasteiger partial charge is 0.438 e. The number of piperidine rings is 1. The Morgan fingerprint density at radius 1 is 1.03 bits per heavy atom. The fourth-order valence-electron chi connectivity index (χ4n) is 4.21. The summed E-state index contributed by atoms with van der Waals surface area (Å²) in [6, 6.07) is 17.2. The van der Waals surface area contributed by atoms with Crippen LogP contribution in [0.25, 0.3) is 11.3 Å². The van der Waals surface area contributed by atoms with Crippen molar-refractivity contribution in [2.24, 2.45) is 0 Å². The number of hydrogen-bond donors (Lipinski definition) is 3. The average Bonchev–Trinajstić information content (AvgIpc) is 2.92. The van der Waals surface area contributed by atoms with E-state index in [1.807, 2.05) is 12.1 Å². The van der Waals surface area contributed by atoms with Crippen molar-refractivity contribution < 1.29 is 13.2 Å². The monoisotopic (exact) mass is 586 g/mol. The van der Waals surface area contributed by atoms with E-state index in [2.05, 4.69) is 25.3 Å². The van der Waals surface area contributed by atoms with Gasteiger partial charge in [0.15, 0.2) is 0 Å². The number of aromatic nitrogens is 3. The predicted octanol–water partition coefficient (Wildman–Crippen LogP) is 5.68. The smallest absolute Gasteiger partial charge is 0.263 e. The molecule has 1 aliphatic heterocycles. The van der Waals surface area contributed by atoms with Crippen LogP contribution in [0.2, 0.25) is 5.02 Å². The van der Waals surface area contributed by atoms with E-state index in [0.717, 1.165) is 25.9 Å². The Labute approximate surface area is 238 Å². The molecule has 0 saturated carbocycles. The molecule has 5 rings (SSSR count). The van der Waals surface area contributed by atoms with E-state index in [-0.39, 0.29) is 28.4 Å². The number of benzene rings is 2. The average molecular weight is 588 g/mol. The van der Waals surface area contributed by atoms with Gasteiger partial charge in [-0.05, 0) is 68.8 Å². The Balaban J connectivity index is 0.00000353. The summed E-state index contributed by atoms with van der Waals surface area (Å²) in [4.78, 5) is 13.5. The molecule has 1 saturated heterocycles. The Kier molecular flexibility index (Phi) is 9.24. The van der Waals surface area contributed by atoms with Gasteiger partial charge in [-0.3, -0.25) is 4.72 Å². The van der Waals surface area contributed by atoms with Crippen LogP contribution >= 0.6 is 24.0 Å². The van der Waals surface area contributed by atoms with Gasteiger partial charge in [0.05, 0.1) is 22.0 Å². The van der Waals surface area contributed by atoms with Crippen LogP contribution in [0.5, 0.6) is 11.6 Å². The number of pyridine rings is 1. The molecule has 0 spiro atoms. The molecule has 0 radical (unpaired) electrons. The Hall–Kier alpha value is -3.44. The number of anilines is 2. The summed E-state index contributed by atoms with van der Waals surface area (Å²) in [7, 11) is -3.91. The lowest BCUT2D eigenvalue weighted by Gasteiger charge is -2.23. The number of sulfonamides is 1. The van der Waals surface area contributed by atoms with Gasteiger partial charge in [-0.25, -0.2) is 23.4 Å². The van der Waals surface area contributed by atoms with Crippen LogP contribution in [0.1, 0.15) is 18.4 Å². The third-order valence-electron chi connectivity index (χ3n) is 6.19. The Morgan fingerprint density at radius 2 is 1.87 bits per heavy atom. The van der Waals surface area contributed by atoms with Crippen LogP contribution in [0, 0.1) is 6.92 Å². The van der Waals surface area contributed by atoms with Crippen LogP contribution < -0.4 is 20.1 Å². The first-order valence-electron chi connectivity index (χ1n) is 12.2. The van der Waals surface area contributed by atoms with Crippen molar-refractivity contribution in [1.82, 2.24) is 20.3 Å². The second-order valence-corrected chi connectivity index (χ2v) is 10.9. The molecule has 1 atom stereocenters. The standard InChI is InChI=1S/C27H27ClN6O3S.ClH/c1-18-22(34-38(35,36)25-12-3-2-9-21(25)28)10-4-11-24(18)37-26-20(8-6-15-30-26)23-13-16-31-27(33-23)32-19-7-5-14-29-17-19;/h2-4,6,8-13,15-16,19,29,34H,5,7,14,17H2,1H3,(H,31,32,33);1H. The van der Waals surface area contributed by atoms with Gasteiger partial charge < -0.3 is 15.4 Å². The fraction of sp³-hybridized carbons (Fsp3) is 0.222. The van der Waals surface area contributed by atoms with Crippen LogP contribution in [0.4, 0.5) is 11.6 Å². The van der Waals surface area contributed by atoms with E-state index in [1.54, 1.807) is 55.7 Å². The van der Waals surface area contributed by atoms with E-state index in [9.17, 15) is 8.42 Å². The van der Waals surface area contributed by atoms with Gasteiger partial charge in [0, 0.05) is 30.5 Å². The van der Waals surface area contributed by atoms with Gasteiger partial charge in [0.25, 0.3) is 10.0 Å². The lowest BCUT2D eigenvalue weighted by Crippen LogP contribution is -2.38. The first kappa shape index (κ1) is 28.6. The van der Waals surface area contributed by atoms with Gasteiger partial charge in [-0.2, -0.15) is 0 Å². The van der Waals surface area contributed by atoms with E-state index >= 15 is 0 Å². The zero-order valence-electron chi connectivity index (χ0n) is 21.1. The summed E-state index contributed by atoms with van der Waals surface area (Å²) < 4.78 is 34.8. The maximum Gasteiger partial charge on any atom is 0.263 e. The molecule has 9 nitrogen and oxygen atoms in total. The molecule has 0 amide bonds. The fourth-order valence-corrected chi connectivity index (χ4v) is 5.85. The van der Waals surface area contributed by atoms with Crippen molar-refractivity contribution >= 4 is 45.7 Å². The normalized spacial score (nSPS) is 15.2. The summed E-state index contributed by atoms with van der Waals surface area (Å²) in [5.74, 6) is 1.33. The molecule has 39 heavy (non-hydrogen) atoms. The van der Waals surface area contributed by atoms with Crippen molar-refractivity contribution in [3.05, 3.63) is 83.6 Å². The lowest BCUT2D eigenvalue weighted by atomic mass is 10.1. The molecule has 12 heteroatoms. The second-order valence-electron chi connectivity index (χ2n) is 8.88. The van der Waals surface area contributed by atoms with Crippen LogP contribution in [0.3, 0.4) is 0 Å². The third-order valence-corrected chi connectivity index (χ3v) is 8.06. The summed E-state index contributed by atoms with van der Waals surface area (Å²) in [6.07, 6.45) is 5.49. The number of nitrogens with zero attached hydrogens (tertiary/aromatic N) is 3. The van der Waals surface area contributed by atoms with E-state index < -0.39 is 10.0 Å². The Morgan fingerprint density at radius 3 is 2.67 bits per heavy atom. The zero-order valence-corrected chi connectivity index (χ0v) is 23.5. The minimum Gasteiger partial charge on any atom is -0.438 e. The SMILES string of the molecule is Cc1c(NS(=O)(=O)c2ccccc2Cl)cccc1Oc1ncccc1-c1ccnc(NC2CCCNC2)n1.Cl. The molecular weight excluding hydrogens is 559 g/mol.